The Balaban J connectivity index is 2.43. The molecule has 2 N–H and O–H groups in total. The number of nitrogens with zero attached hydrogens (tertiary/aromatic N) is 4. The fraction of sp³-hybridized carbons (Fsp3) is 0.571. The molecule has 1 atom stereocenters. The standard InChI is InChI=1S/C7H11N5OS/c1-4-9-10-7-12(4)11-6(14-7)5(3-8)13-2/h5H,3,8H2,1-2H3. The maximum atomic E-state index is 5.54. The Morgan fingerprint density at radius 3 is 2.93 bits per heavy atom. The van der Waals surface area contributed by atoms with E-state index in [0.29, 0.717) is 6.54 Å². The van der Waals surface area contributed by atoms with E-state index in [0.717, 1.165) is 15.8 Å². The molecular formula is C7H11N5OS. The molecule has 0 aromatic carbocycles. The van der Waals surface area contributed by atoms with Crippen LogP contribution in [0.4, 0.5) is 0 Å². The van der Waals surface area contributed by atoms with Crippen LogP contribution < -0.4 is 5.73 Å². The average Bonchev–Trinajstić information content (AvgIpc) is 2.72. The number of fused-ring (bicyclic) bond motifs is 1. The van der Waals surface area contributed by atoms with Crippen LogP contribution in [-0.4, -0.2) is 33.5 Å². The fourth-order valence-electron chi connectivity index (χ4n) is 1.16. The average molecular weight is 213 g/mol. The van der Waals surface area contributed by atoms with E-state index in [2.05, 4.69) is 15.3 Å². The third-order valence-electron chi connectivity index (χ3n) is 1.94. The molecule has 6 nitrogen and oxygen atoms in total. The second-order valence-electron chi connectivity index (χ2n) is 2.84. The van der Waals surface area contributed by atoms with Crippen LogP contribution >= 0.6 is 11.3 Å². The number of ether oxygens (including phenoxy) is 1. The van der Waals surface area contributed by atoms with Gasteiger partial charge in [-0.15, -0.1) is 10.2 Å². The van der Waals surface area contributed by atoms with Gasteiger partial charge in [-0.1, -0.05) is 11.3 Å². The summed E-state index contributed by atoms with van der Waals surface area (Å²) in [6, 6.07) is 0. The highest BCUT2D eigenvalue weighted by Crippen LogP contribution is 2.21. The molecule has 2 rings (SSSR count). The van der Waals surface area contributed by atoms with E-state index < -0.39 is 0 Å². The first-order valence-corrected chi connectivity index (χ1v) is 4.99. The summed E-state index contributed by atoms with van der Waals surface area (Å²) in [5, 5.41) is 13.0. The van der Waals surface area contributed by atoms with Gasteiger partial charge in [0.05, 0.1) is 0 Å². The molecule has 2 aromatic rings. The van der Waals surface area contributed by atoms with Gasteiger partial charge in [-0.2, -0.15) is 9.61 Å². The van der Waals surface area contributed by atoms with E-state index in [1.807, 2.05) is 6.92 Å². The summed E-state index contributed by atoms with van der Waals surface area (Å²) in [4.78, 5) is 0.771. The lowest BCUT2D eigenvalue weighted by molar-refractivity contribution is 0.109. The van der Waals surface area contributed by atoms with Crippen molar-refractivity contribution in [1.82, 2.24) is 19.8 Å². The van der Waals surface area contributed by atoms with E-state index in [-0.39, 0.29) is 6.10 Å². The molecule has 0 amide bonds. The summed E-state index contributed by atoms with van der Waals surface area (Å²) in [6.45, 7) is 2.27. The molecular weight excluding hydrogens is 202 g/mol. The molecule has 1 unspecified atom stereocenters. The van der Waals surface area contributed by atoms with Gasteiger partial charge >= 0.3 is 0 Å². The maximum absolute atomic E-state index is 5.54. The molecule has 0 aliphatic heterocycles. The van der Waals surface area contributed by atoms with Crippen LogP contribution in [0.2, 0.25) is 0 Å². The lowest BCUT2D eigenvalue weighted by Crippen LogP contribution is -2.14. The van der Waals surface area contributed by atoms with Crippen molar-refractivity contribution in [3.8, 4) is 0 Å². The topological polar surface area (TPSA) is 78.3 Å². The molecule has 0 fully saturated rings. The van der Waals surface area contributed by atoms with Gasteiger partial charge in [-0.05, 0) is 6.92 Å². The van der Waals surface area contributed by atoms with E-state index in [1.54, 1.807) is 11.6 Å². The summed E-state index contributed by atoms with van der Waals surface area (Å²) >= 11 is 1.45. The predicted octanol–water partition coefficient (Wildman–Crippen LogP) is 0.140. The molecule has 76 valence electrons. The van der Waals surface area contributed by atoms with Crippen LogP contribution in [0.3, 0.4) is 0 Å². The third-order valence-corrected chi connectivity index (χ3v) is 2.93. The van der Waals surface area contributed by atoms with Gasteiger partial charge < -0.3 is 10.5 Å². The van der Waals surface area contributed by atoms with Crippen molar-refractivity contribution >= 4 is 16.3 Å². The van der Waals surface area contributed by atoms with E-state index in [9.17, 15) is 0 Å². The second kappa shape index (κ2) is 3.60. The zero-order chi connectivity index (χ0) is 10.1. The normalized spacial score (nSPS) is 13.6. The zero-order valence-electron chi connectivity index (χ0n) is 7.97. The third kappa shape index (κ3) is 1.39. The number of methoxy groups -OCH3 is 1. The Labute approximate surface area is 84.7 Å². The van der Waals surface area contributed by atoms with Crippen LogP contribution in [0.15, 0.2) is 0 Å². The van der Waals surface area contributed by atoms with E-state index in [1.165, 1.54) is 11.3 Å². The number of hydrogen-bond donors (Lipinski definition) is 1. The van der Waals surface area contributed by atoms with Gasteiger partial charge in [0.1, 0.15) is 11.1 Å². The molecule has 0 bridgehead atoms. The molecule has 7 heteroatoms. The van der Waals surface area contributed by atoms with Crippen molar-refractivity contribution in [2.45, 2.75) is 13.0 Å². The summed E-state index contributed by atoms with van der Waals surface area (Å²) in [6.07, 6.45) is -0.152. The Bertz CT molecular complexity index is 432. The Kier molecular flexibility index (Phi) is 2.44. The largest absolute Gasteiger partial charge is 0.373 e. The molecule has 14 heavy (non-hydrogen) atoms. The number of nitrogens with two attached hydrogens (primary N) is 1. The van der Waals surface area contributed by atoms with Crippen molar-refractivity contribution < 1.29 is 4.74 Å². The lowest BCUT2D eigenvalue weighted by atomic mass is 10.4. The minimum atomic E-state index is -0.152. The second-order valence-corrected chi connectivity index (χ2v) is 3.83. The molecule has 2 aromatic heterocycles. The highest BCUT2D eigenvalue weighted by Gasteiger charge is 2.16. The molecule has 0 saturated heterocycles. The Morgan fingerprint density at radius 2 is 2.36 bits per heavy atom. The number of hydrogen-bond acceptors (Lipinski definition) is 6. The fourth-order valence-corrected chi connectivity index (χ4v) is 2.13. The minimum absolute atomic E-state index is 0.152. The van der Waals surface area contributed by atoms with Gasteiger partial charge in [-0.25, -0.2) is 0 Å². The van der Waals surface area contributed by atoms with Gasteiger partial charge in [0.15, 0.2) is 5.82 Å². The molecule has 0 spiro atoms. The van der Waals surface area contributed by atoms with Gasteiger partial charge in [0, 0.05) is 13.7 Å². The van der Waals surface area contributed by atoms with Crippen molar-refractivity contribution in [1.29, 1.82) is 0 Å². The maximum Gasteiger partial charge on any atom is 0.234 e. The molecule has 0 aliphatic rings. The number of aryl methyl sites for hydroxylation is 1. The molecule has 2 heterocycles. The zero-order valence-corrected chi connectivity index (χ0v) is 8.78. The highest BCUT2D eigenvalue weighted by molar-refractivity contribution is 7.16. The number of aromatic nitrogens is 4. The summed E-state index contributed by atoms with van der Waals surface area (Å²) in [5.41, 5.74) is 5.54. The quantitative estimate of drug-likeness (QED) is 0.784. The van der Waals surface area contributed by atoms with Crippen LogP contribution in [0, 0.1) is 6.92 Å². The van der Waals surface area contributed by atoms with Gasteiger partial charge in [-0.3, -0.25) is 0 Å². The Hall–Kier alpha value is -1.05. The van der Waals surface area contributed by atoms with Crippen LogP contribution in [-0.2, 0) is 4.74 Å². The van der Waals surface area contributed by atoms with Crippen LogP contribution in [0.5, 0.6) is 0 Å². The van der Waals surface area contributed by atoms with Crippen molar-refractivity contribution in [3.05, 3.63) is 10.8 Å². The predicted molar refractivity (Wildman–Crippen MR) is 52.2 cm³/mol. The molecule has 0 radical (unpaired) electrons. The highest BCUT2D eigenvalue weighted by atomic mass is 32.1. The summed E-state index contributed by atoms with van der Waals surface area (Å²) in [5.74, 6) is 0.773. The first kappa shape index (κ1) is 9.50. The first-order valence-electron chi connectivity index (χ1n) is 4.18. The lowest BCUT2D eigenvalue weighted by Gasteiger charge is -2.07. The van der Waals surface area contributed by atoms with E-state index in [4.69, 9.17) is 10.5 Å². The van der Waals surface area contributed by atoms with E-state index >= 15 is 0 Å². The smallest absolute Gasteiger partial charge is 0.234 e. The van der Waals surface area contributed by atoms with Crippen molar-refractivity contribution in [3.63, 3.8) is 0 Å². The molecule has 0 aliphatic carbocycles. The number of rotatable bonds is 3. The van der Waals surface area contributed by atoms with Crippen LogP contribution in [0.1, 0.15) is 16.9 Å². The van der Waals surface area contributed by atoms with Gasteiger partial charge in [0.25, 0.3) is 0 Å². The summed E-state index contributed by atoms with van der Waals surface area (Å²) in [7, 11) is 1.62. The van der Waals surface area contributed by atoms with Gasteiger partial charge in [0.2, 0.25) is 4.96 Å². The SMILES string of the molecule is COC(CN)c1nn2c(C)nnc2s1. The van der Waals surface area contributed by atoms with Crippen LogP contribution in [0.25, 0.3) is 4.96 Å². The Morgan fingerprint density at radius 1 is 1.57 bits per heavy atom. The first-order chi connectivity index (χ1) is 6.76. The molecule has 0 saturated carbocycles. The van der Waals surface area contributed by atoms with Crippen molar-refractivity contribution in [2.24, 2.45) is 5.73 Å². The van der Waals surface area contributed by atoms with Crippen molar-refractivity contribution in [2.75, 3.05) is 13.7 Å². The monoisotopic (exact) mass is 213 g/mol. The minimum Gasteiger partial charge on any atom is -0.373 e. The summed E-state index contributed by atoms with van der Waals surface area (Å²) < 4.78 is 6.88.